The Kier molecular flexibility index (Phi) is 4.62. The molecule has 0 aliphatic rings. The summed E-state index contributed by atoms with van der Waals surface area (Å²) in [7, 11) is -4.10. The van der Waals surface area contributed by atoms with E-state index < -0.39 is 15.8 Å². The molecule has 0 saturated carbocycles. The first kappa shape index (κ1) is 16.3. The maximum absolute atomic E-state index is 13.2. The second-order valence-corrected chi connectivity index (χ2v) is 7.23. The van der Waals surface area contributed by atoms with Crippen molar-refractivity contribution in [3.05, 3.63) is 44.9 Å². The molecule has 2 aromatic rings. The molecular formula is C11H7BrCl2FN3O2S. The molecule has 0 amide bonds. The first-order valence-electron chi connectivity index (χ1n) is 5.29. The van der Waals surface area contributed by atoms with Crippen LogP contribution in [-0.2, 0) is 10.0 Å². The fourth-order valence-corrected chi connectivity index (χ4v) is 3.59. The quantitative estimate of drug-likeness (QED) is 0.592. The summed E-state index contributed by atoms with van der Waals surface area (Å²) in [5.41, 5.74) is 5.07. The van der Waals surface area contributed by atoms with Crippen LogP contribution in [0.2, 0.25) is 10.2 Å². The van der Waals surface area contributed by atoms with E-state index in [1.807, 2.05) is 0 Å². The number of nitrogens with two attached hydrogens (primary N) is 1. The molecule has 0 spiro atoms. The molecule has 0 atom stereocenters. The largest absolute Gasteiger partial charge is 0.396 e. The predicted molar refractivity (Wildman–Crippen MR) is 83.6 cm³/mol. The zero-order valence-electron chi connectivity index (χ0n) is 10.1. The van der Waals surface area contributed by atoms with Gasteiger partial charge >= 0.3 is 0 Å². The molecule has 1 heterocycles. The van der Waals surface area contributed by atoms with Gasteiger partial charge in [-0.15, -0.1) is 0 Å². The van der Waals surface area contributed by atoms with Crippen molar-refractivity contribution in [1.29, 1.82) is 0 Å². The van der Waals surface area contributed by atoms with Crippen LogP contribution in [0, 0.1) is 5.82 Å². The second kappa shape index (κ2) is 5.96. The molecule has 0 bridgehead atoms. The molecule has 1 aromatic carbocycles. The van der Waals surface area contributed by atoms with Crippen LogP contribution in [0.3, 0.4) is 0 Å². The Morgan fingerprint density at radius 3 is 2.62 bits per heavy atom. The van der Waals surface area contributed by atoms with E-state index in [0.29, 0.717) is 4.47 Å². The maximum atomic E-state index is 13.2. The summed E-state index contributed by atoms with van der Waals surface area (Å²) in [6.45, 7) is 0. The number of hydrogen-bond acceptors (Lipinski definition) is 4. The molecule has 0 radical (unpaired) electrons. The van der Waals surface area contributed by atoms with E-state index in [9.17, 15) is 12.8 Å². The zero-order chi connectivity index (χ0) is 15.8. The van der Waals surface area contributed by atoms with E-state index >= 15 is 0 Å². The molecule has 10 heteroatoms. The predicted octanol–water partition coefficient (Wildman–Crippen LogP) is 3.67. The normalized spacial score (nSPS) is 11.4. The maximum Gasteiger partial charge on any atom is 0.263 e. The van der Waals surface area contributed by atoms with Gasteiger partial charge in [0.15, 0.2) is 5.15 Å². The number of halogens is 4. The molecule has 2 rings (SSSR count). The first-order chi connectivity index (χ1) is 9.70. The van der Waals surface area contributed by atoms with Crippen molar-refractivity contribution in [3.63, 3.8) is 0 Å². The number of nitrogen functional groups attached to an aromatic ring is 1. The Balaban J connectivity index is 2.48. The molecule has 112 valence electrons. The topological polar surface area (TPSA) is 85.1 Å². The van der Waals surface area contributed by atoms with Gasteiger partial charge in [0, 0.05) is 10.7 Å². The van der Waals surface area contributed by atoms with E-state index in [4.69, 9.17) is 28.9 Å². The third-order valence-electron chi connectivity index (χ3n) is 2.39. The van der Waals surface area contributed by atoms with Gasteiger partial charge in [-0.25, -0.2) is 17.8 Å². The van der Waals surface area contributed by atoms with Gasteiger partial charge in [-0.1, -0.05) is 23.2 Å². The highest BCUT2D eigenvalue weighted by molar-refractivity contribution is 9.10. The van der Waals surface area contributed by atoms with E-state index in [-0.39, 0.29) is 26.4 Å². The lowest BCUT2D eigenvalue weighted by molar-refractivity contribution is 0.600. The molecular weight excluding hydrogens is 408 g/mol. The van der Waals surface area contributed by atoms with Crippen LogP contribution < -0.4 is 10.5 Å². The van der Waals surface area contributed by atoms with E-state index in [1.54, 1.807) is 0 Å². The summed E-state index contributed by atoms with van der Waals surface area (Å²) in [4.78, 5) is 3.42. The molecule has 0 aliphatic carbocycles. The van der Waals surface area contributed by atoms with Crippen molar-refractivity contribution in [1.82, 2.24) is 4.98 Å². The first-order valence-corrected chi connectivity index (χ1v) is 8.32. The third kappa shape index (κ3) is 3.57. The van der Waals surface area contributed by atoms with Crippen molar-refractivity contribution in [2.75, 3.05) is 10.5 Å². The molecule has 3 N–H and O–H groups in total. The van der Waals surface area contributed by atoms with Crippen LogP contribution in [0.5, 0.6) is 0 Å². The van der Waals surface area contributed by atoms with Crippen molar-refractivity contribution < 1.29 is 12.8 Å². The summed E-state index contributed by atoms with van der Waals surface area (Å²) >= 11 is 14.7. The Morgan fingerprint density at radius 1 is 1.29 bits per heavy atom. The summed E-state index contributed by atoms with van der Waals surface area (Å²) in [6.07, 6.45) is 1.41. The highest BCUT2D eigenvalue weighted by Gasteiger charge is 2.21. The van der Waals surface area contributed by atoms with Gasteiger partial charge in [0.25, 0.3) is 10.0 Å². The van der Waals surface area contributed by atoms with Crippen LogP contribution in [0.4, 0.5) is 15.8 Å². The number of rotatable bonds is 3. The van der Waals surface area contributed by atoms with Gasteiger partial charge in [0.2, 0.25) is 0 Å². The Labute approximate surface area is 138 Å². The van der Waals surface area contributed by atoms with Crippen molar-refractivity contribution in [2.24, 2.45) is 0 Å². The molecule has 21 heavy (non-hydrogen) atoms. The number of pyridine rings is 1. The Morgan fingerprint density at radius 2 is 1.95 bits per heavy atom. The van der Waals surface area contributed by atoms with Crippen LogP contribution in [0.15, 0.2) is 33.8 Å². The van der Waals surface area contributed by atoms with Gasteiger partial charge < -0.3 is 5.73 Å². The average molecular weight is 415 g/mol. The second-order valence-electron chi connectivity index (χ2n) is 3.90. The number of nitrogens with one attached hydrogen (secondary N) is 1. The van der Waals surface area contributed by atoms with Crippen molar-refractivity contribution >= 4 is 60.5 Å². The van der Waals surface area contributed by atoms with Gasteiger partial charge in [0.1, 0.15) is 10.7 Å². The number of anilines is 2. The molecule has 1 aromatic heterocycles. The summed E-state index contributed by atoms with van der Waals surface area (Å²) in [5.74, 6) is -0.805. The van der Waals surface area contributed by atoms with Crippen LogP contribution in [0.1, 0.15) is 0 Å². The fourth-order valence-electron chi connectivity index (χ4n) is 1.44. The zero-order valence-corrected chi connectivity index (χ0v) is 14.0. The molecule has 5 nitrogen and oxygen atoms in total. The average Bonchev–Trinajstić information content (AvgIpc) is 2.37. The number of sulfonamides is 1. The van der Waals surface area contributed by atoms with Gasteiger partial charge in [-0.2, -0.15) is 0 Å². The monoisotopic (exact) mass is 413 g/mol. The fraction of sp³-hybridized carbons (Fsp3) is 0. The van der Waals surface area contributed by atoms with Crippen LogP contribution in [-0.4, -0.2) is 13.4 Å². The molecule has 0 unspecified atom stereocenters. The SMILES string of the molecule is Nc1cc(S(=O)(=O)Nc2cc(Br)cnc2Cl)c(Cl)cc1F. The molecule has 0 aliphatic heterocycles. The summed E-state index contributed by atoms with van der Waals surface area (Å²) in [6, 6.07) is 3.18. The van der Waals surface area contributed by atoms with E-state index in [1.165, 1.54) is 12.3 Å². The minimum Gasteiger partial charge on any atom is -0.396 e. The minimum absolute atomic E-state index is 0.0463. The number of nitrogens with zero attached hydrogens (tertiary/aromatic N) is 1. The molecule has 0 fully saturated rings. The highest BCUT2D eigenvalue weighted by Crippen LogP contribution is 2.30. The third-order valence-corrected chi connectivity index (χ3v) is 4.96. The lowest BCUT2D eigenvalue weighted by atomic mass is 10.3. The van der Waals surface area contributed by atoms with E-state index in [2.05, 4.69) is 25.6 Å². The van der Waals surface area contributed by atoms with Crippen molar-refractivity contribution in [2.45, 2.75) is 4.90 Å². The van der Waals surface area contributed by atoms with E-state index in [0.717, 1.165) is 12.1 Å². The number of hydrogen-bond donors (Lipinski definition) is 2. The smallest absolute Gasteiger partial charge is 0.263 e. The Bertz CT molecular complexity index is 817. The number of aromatic nitrogens is 1. The molecule has 0 saturated heterocycles. The highest BCUT2D eigenvalue weighted by atomic mass is 79.9. The summed E-state index contributed by atoms with van der Waals surface area (Å²) < 4.78 is 40.5. The lowest BCUT2D eigenvalue weighted by Gasteiger charge is -2.11. The van der Waals surface area contributed by atoms with Crippen LogP contribution >= 0.6 is 39.1 Å². The van der Waals surface area contributed by atoms with Gasteiger partial charge in [-0.05, 0) is 34.1 Å². The standard InChI is InChI=1S/C11H7BrCl2FN3O2S/c12-5-1-9(11(14)17-4-5)18-21(19,20)10-3-8(16)7(15)2-6(10)13/h1-4,18H,16H2. The lowest BCUT2D eigenvalue weighted by Crippen LogP contribution is -2.15. The van der Waals surface area contributed by atoms with Crippen molar-refractivity contribution in [3.8, 4) is 0 Å². The minimum atomic E-state index is -4.10. The number of benzene rings is 1. The van der Waals surface area contributed by atoms with Crippen LogP contribution in [0.25, 0.3) is 0 Å². The van der Waals surface area contributed by atoms with Gasteiger partial charge in [-0.3, -0.25) is 4.72 Å². The summed E-state index contributed by atoms with van der Waals surface area (Å²) in [5, 5.41) is -0.346. The van der Waals surface area contributed by atoms with Gasteiger partial charge in [0.05, 0.1) is 16.4 Å². The Hall–Kier alpha value is -1.09.